The van der Waals surface area contributed by atoms with Gasteiger partial charge in [0.2, 0.25) is 0 Å². The molecule has 0 bridgehead atoms. The number of ether oxygens (including phenoxy) is 1. The fourth-order valence-corrected chi connectivity index (χ4v) is 4.57. The molecule has 9 heteroatoms. The number of amides is 1. The van der Waals surface area contributed by atoms with Crippen LogP contribution in [0.3, 0.4) is 0 Å². The highest BCUT2D eigenvalue weighted by molar-refractivity contribution is 5.93. The summed E-state index contributed by atoms with van der Waals surface area (Å²) in [7, 11) is 0. The predicted octanol–water partition coefficient (Wildman–Crippen LogP) is 2.31. The summed E-state index contributed by atoms with van der Waals surface area (Å²) in [6.07, 6.45) is 4.56. The Labute approximate surface area is 192 Å². The molecular formula is C24H25N7O2. The van der Waals surface area contributed by atoms with Crippen molar-refractivity contribution in [2.45, 2.75) is 38.8 Å². The van der Waals surface area contributed by atoms with Gasteiger partial charge in [-0.05, 0) is 55.5 Å². The molecular weight excluding hydrogens is 418 g/mol. The van der Waals surface area contributed by atoms with Crippen LogP contribution in [0.2, 0.25) is 0 Å². The fourth-order valence-electron chi connectivity index (χ4n) is 4.57. The molecule has 2 aliphatic heterocycles. The molecule has 4 heterocycles. The molecule has 0 spiro atoms. The van der Waals surface area contributed by atoms with Crippen LogP contribution in [0.4, 0.5) is 5.82 Å². The zero-order valence-corrected chi connectivity index (χ0v) is 18.5. The highest BCUT2D eigenvalue weighted by atomic mass is 16.5. The normalized spacial score (nSPS) is 17.5. The highest BCUT2D eigenvalue weighted by Crippen LogP contribution is 2.29. The number of pyridine rings is 1. The van der Waals surface area contributed by atoms with Crippen LogP contribution < -0.4 is 10.2 Å². The van der Waals surface area contributed by atoms with Gasteiger partial charge in [0.15, 0.2) is 5.69 Å². The second kappa shape index (κ2) is 9.00. The number of anilines is 1. The predicted molar refractivity (Wildman–Crippen MR) is 121 cm³/mol. The third kappa shape index (κ3) is 4.05. The topological polar surface area (TPSA) is 109 Å². The van der Waals surface area contributed by atoms with Crippen molar-refractivity contribution in [1.29, 1.82) is 5.26 Å². The smallest absolute Gasteiger partial charge is 0.273 e. The van der Waals surface area contributed by atoms with E-state index in [9.17, 15) is 10.1 Å². The van der Waals surface area contributed by atoms with E-state index in [1.807, 2.05) is 19.1 Å². The van der Waals surface area contributed by atoms with Crippen molar-refractivity contribution in [3.05, 3.63) is 64.6 Å². The number of nitriles is 1. The average Bonchev–Trinajstić information content (AvgIpc) is 3.51. The lowest BCUT2D eigenvalue weighted by atomic mass is 9.97. The molecule has 3 aromatic rings. The third-order valence-electron chi connectivity index (χ3n) is 6.30. The Bertz CT molecular complexity index is 1220. The second-order valence-corrected chi connectivity index (χ2v) is 8.35. The van der Waals surface area contributed by atoms with Crippen molar-refractivity contribution < 1.29 is 9.53 Å². The number of hydrogen-bond donors (Lipinski definition) is 1. The van der Waals surface area contributed by atoms with Gasteiger partial charge >= 0.3 is 0 Å². The van der Waals surface area contributed by atoms with Gasteiger partial charge in [0.05, 0.1) is 23.0 Å². The molecule has 2 aliphatic rings. The summed E-state index contributed by atoms with van der Waals surface area (Å²) in [5.74, 6) is 0.475. The molecule has 0 radical (unpaired) electrons. The lowest BCUT2D eigenvalue weighted by Crippen LogP contribution is -2.32. The molecule has 1 atom stereocenters. The number of aromatic nitrogens is 4. The quantitative estimate of drug-likeness (QED) is 0.644. The van der Waals surface area contributed by atoms with Crippen molar-refractivity contribution in [3.63, 3.8) is 0 Å². The standard InChI is InChI=1S/C24H25N7O2/c1-16-22(24(32)27-14-19-7-4-12-33-19)28-29-31(16)21-8-2-5-18-15-30(11-9-20(18)21)23-17(13-25)6-3-10-26-23/h2-3,5-6,8,10,19H,4,7,9,11-12,14-15H2,1H3,(H,27,32)/t19-/m0/s1. The Hall–Kier alpha value is -3.77. The van der Waals surface area contributed by atoms with E-state index in [4.69, 9.17) is 4.74 Å². The van der Waals surface area contributed by atoms with Crippen LogP contribution in [0.5, 0.6) is 0 Å². The first-order chi connectivity index (χ1) is 16.2. The second-order valence-electron chi connectivity index (χ2n) is 8.35. The fraction of sp³-hybridized carbons (Fsp3) is 0.375. The van der Waals surface area contributed by atoms with Crippen molar-refractivity contribution in [3.8, 4) is 11.8 Å². The molecule has 33 heavy (non-hydrogen) atoms. The summed E-state index contributed by atoms with van der Waals surface area (Å²) in [4.78, 5) is 19.3. The number of rotatable bonds is 5. The Balaban J connectivity index is 1.38. The maximum atomic E-state index is 12.7. The molecule has 1 N–H and O–H groups in total. The van der Waals surface area contributed by atoms with E-state index in [2.05, 4.69) is 37.6 Å². The summed E-state index contributed by atoms with van der Waals surface area (Å²) in [6.45, 7) is 4.49. The summed E-state index contributed by atoms with van der Waals surface area (Å²) in [6, 6.07) is 11.9. The van der Waals surface area contributed by atoms with Crippen molar-refractivity contribution in [2.24, 2.45) is 0 Å². The molecule has 0 aliphatic carbocycles. The third-order valence-corrected chi connectivity index (χ3v) is 6.30. The molecule has 1 saturated heterocycles. The van der Waals surface area contributed by atoms with Crippen LogP contribution in [-0.4, -0.2) is 51.7 Å². The van der Waals surface area contributed by atoms with Crippen molar-refractivity contribution in [2.75, 3.05) is 24.6 Å². The van der Waals surface area contributed by atoms with Gasteiger partial charge in [-0.15, -0.1) is 5.10 Å². The zero-order chi connectivity index (χ0) is 22.8. The first-order valence-corrected chi connectivity index (χ1v) is 11.2. The largest absolute Gasteiger partial charge is 0.376 e. The van der Waals surface area contributed by atoms with Gasteiger partial charge in [-0.3, -0.25) is 4.79 Å². The first kappa shape index (κ1) is 21.1. The molecule has 0 unspecified atom stereocenters. The summed E-state index contributed by atoms with van der Waals surface area (Å²) < 4.78 is 7.33. The molecule has 1 fully saturated rings. The number of nitrogens with one attached hydrogen (secondary N) is 1. The van der Waals surface area contributed by atoms with E-state index >= 15 is 0 Å². The minimum absolute atomic E-state index is 0.0778. The van der Waals surface area contributed by atoms with Crippen molar-refractivity contribution in [1.82, 2.24) is 25.3 Å². The highest BCUT2D eigenvalue weighted by Gasteiger charge is 2.25. The van der Waals surface area contributed by atoms with Crippen LogP contribution >= 0.6 is 0 Å². The van der Waals surface area contributed by atoms with Crippen LogP contribution in [0.1, 0.15) is 45.7 Å². The van der Waals surface area contributed by atoms with E-state index in [0.717, 1.165) is 43.7 Å². The zero-order valence-electron chi connectivity index (χ0n) is 18.5. The Morgan fingerprint density at radius 1 is 1.33 bits per heavy atom. The monoisotopic (exact) mass is 443 g/mol. The molecule has 1 amide bonds. The number of fused-ring (bicyclic) bond motifs is 1. The van der Waals surface area contributed by atoms with Gasteiger partial charge < -0.3 is 15.0 Å². The number of carbonyl (C=O) groups is 1. The minimum Gasteiger partial charge on any atom is -0.376 e. The molecule has 0 saturated carbocycles. The number of carbonyl (C=O) groups excluding carboxylic acids is 1. The van der Waals surface area contributed by atoms with Gasteiger partial charge in [-0.25, -0.2) is 9.67 Å². The van der Waals surface area contributed by atoms with E-state index < -0.39 is 0 Å². The van der Waals surface area contributed by atoms with Gasteiger partial charge in [0.1, 0.15) is 11.9 Å². The lowest BCUT2D eigenvalue weighted by molar-refractivity contribution is 0.0853. The van der Waals surface area contributed by atoms with Gasteiger partial charge in [-0.1, -0.05) is 17.3 Å². The van der Waals surface area contributed by atoms with E-state index in [1.165, 1.54) is 5.56 Å². The minimum atomic E-state index is -0.232. The van der Waals surface area contributed by atoms with Crippen molar-refractivity contribution >= 4 is 11.7 Å². The van der Waals surface area contributed by atoms with Gasteiger partial charge in [0, 0.05) is 32.4 Å². The van der Waals surface area contributed by atoms with Crippen LogP contribution in [0.25, 0.3) is 5.69 Å². The van der Waals surface area contributed by atoms with E-state index in [-0.39, 0.29) is 12.0 Å². The van der Waals surface area contributed by atoms with E-state index in [1.54, 1.807) is 23.0 Å². The van der Waals surface area contributed by atoms with Crippen LogP contribution in [-0.2, 0) is 17.7 Å². The SMILES string of the molecule is Cc1c(C(=O)NC[C@@H]2CCCO2)nnn1-c1cccc2c1CCN(c1ncccc1C#N)C2. The maximum absolute atomic E-state index is 12.7. The van der Waals surface area contributed by atoms with Gasteiger partial charge in [-0.2, -0.15) is 5.26 Å². The van der Waals surface area contributed by atoms with Crippen LogP contribution in [0.15, 0.2) is 36.5 Å². The number of hydrogen-bond acceptors (Lipinski definition) is 7. The van der Waals surface area contributed by atoms with E-state index in [0.29, 0.717) is 35.9 Å². The number of nitrogens with zero attached hydrogens (tertiary/aromatic N) is 6. The Morgan fingerprint density at radius 2 is 2.24 bits per heavy atom. The number of benzene rings is 1. The molecule has 9 nitrogen and oxygen atoms in total. The Kier molecular flexibility index (Phi) is 5.75. The molecule has 5 rings (SSSR count). The summed E-state index contributed by atoms with van der Waals surface area (Å²) in [5.41, 5.74) is 4.84. The summed E-state index contributed by atoms with van der Waals surface area (Å²) in [5, 5.41) is 20.8. The van der Waals surface area contributed by atoms with Gasteiger partial charge in [0.25, 0.3) is 5.91 Å². The first-order valence-electron chi connectivity index (χ1n) is 11.2. The molecule has 2 aromatic heterocycles. The maximum Gasteiger partial charge on any atom is 0.273 e. The molecule has 168 valence electrons. The average molecular weight is 444 g/mol. The Morgan fingerprint density at radius 3 is 3.06 bits per heavy atom. The summed E-state index contributed by atoms with van der Waals surface area (Å²) >= 11 is 0. The molecule has 1 aromatic carbocycles. The lowest BCUT2D eigenvalue weighted by Gasteiger charge is -2.31. The van der Waals surface area contributed by atoms with Crippen LogP contribution in [0, 0.1) is 18.3 Å².